The van der Waals surface area contributed by atoms with E-state index in [0.717, 1.165) is 23.4 Å². The van der Waals surface area contributed by atoms with Gasteiger partial charge < -0.3 is 9.09 Å². The summed E-state index contributed by atoms with van der Waals surface area (Å²) in [7, 11) is 0. The van der Waals surface area contributed by atoms with Crippen LogP contribution < -0.4 is 0 Å². The fourth-order valence-electron chi connectivity index (χ4n) is 3.58. The largest absolute Gasteiger partial charge is 0.339 e. The molecule has 0 spiro atoms. The molecule has 0 bridgehead atoms. The van der Waals surface area contributed by atoms with E-state index >= 15 is 0 Å². The molecule has 1 unspecified atom stereocenters. The van der Waals surface area contributed by atoms with Crippen molar-refractivity contribution in [2.75, 3.05) is 0 Å². The Morgan fingerprint density at radius 1 is 1.17 bits per heavy atom. The molecule has 0 radical (unpaired) electrons. The number of halogens is 1. The molecule has 7 heteroatoms. The first kappa shape index (κ1) is 18.1. The van der Waals surface area contributed by atoms with Crippen LogP contribution in [0.2, 0.25) is 5.02 Å². The minimum atomic E-state index is 0.0786. The van der Waals surface area contributed by atoms with E-state index in [9.17, 15) is 0 Å². The number of hydrogen-bond donors (Lipinski definition) is 0. The van der Waals surface area contributed by atoms with Crippen LogP contribution in [-0.2, 0) is 6.42 Å². The van der Waals surface area contributed by atoms with Gasteiger partial charge >= 0.3 is 0 Å². The highest BCUT2D eigenvalue weighted by atomic mass is 35.5. The number of pyridine rings is 1. The first-order chi connectivity index (χ1) is 14.2. The van der Waals surface area contributed by atoms with E-state index in [1.165, 1.54) is 18.5 Å². The Labute approximate surface area is 173 Å². The van der Waals surface area contributed by atoms with Crippen molar-refractivity contribution in [1.82, 2.24) is 24.7 Å². The van der Waals surface area contributed by atoms with Gasteiger partial charge in [-0.1, -0.05) is 35.8 Å². The zero-order valence-electron chi connectivity index (χ0n) is 16.0. The van der Waals surface area contributed by atoms with Crippen LogP contribution in [0.4, 0.5) is 0 Å². The topological polar surface area (TPSA) is 69.6 Å². The van der Waals surface area contributed by atoms with Crippen LogP contribution in [0.1, 0.15) is 43.3 Å². The minimum Gasteiger partial charge on any atom is -0.339 e. The molecule has 1 atom stereocenters. The zero-order chi connectivity index (χ0) is 19.8. The molecule has 0 aliphatic heterocycles. The van der Waals surface area contributed by atoms with E-state index in [0.29, 0.717) is 22.8 Å². The van der Waals surface area contributed by atoms with Gasteiger partial charge in [-0.3, -0.25) is 4.98 Å². The number of hydrogen-bond acceptors (Lipinski definition) is 5. The quantitative estimate of drug-likeness (QED) is 0.433. The van der Waals surface area contributed by atoms with Crippen molar-refractivity contribution < 1.29 is 4.52 Å². The number of nitrogens with zero attached hydrogens (tertiary/aromatic N) is 5. The molecular weight excluding hydrogens is 386 g/mol. The lowest BCUT2D eigenvalue weighted by atomic mass is 10.1. The Morgan fingerprint density at radius 2 is 2.00 bits per heavy atom. The third-order valence-corrected chi connectivity index (χ3v) is 5.42. The van der Waals surface area contributed by atoms with E-state index in [1.807, 2.05) is 42.6 Å². The van der Waals surface area contributed by atoms with Crippen LogP contribution in [0, 0.1) is 0 Å². The SMILES string of the molecule is CC(Cc1cnc(-c2ccncc2)n1C1CC1)c1nc(-c2cccc(Cl)c2)no1. The van der Waals surface area contributed by atoms with E-state index in [2.05, 4.69) is 26.6 Å². The maximum atomic E-state index is 6.08. The molecule has 5 rings (SSSR count). The average molecular weight is 406 g/mol. The highest BCUT2D eigenvalue weighted by Gasteiger charge is 2.30. The molecule has 0 saturated heterocycles. The van der Waals surface area contributed by atoms with E-state index in [1.54, 1.807) is 12.4 Å². The molecular formula is C22H20ClN5O. The van der Waals surface area contributed by atoms with Gasteiger partial charge in [-0.05, 0) is 37.1 Å². The maximum absolute atomic E-state index is 6.08. The highest BCUT2D eigenvalue weighted by Crippen LogP contribution is 2.40. The lowest BCUT2D eigenvalue weighted by Crippen LogP contribution is -2.07. The summed E-state index contributed by atoms with van der Waals surface area (Å²) in [6.07, 6.45) is 8.74. The Hall–Kier alpha value is -2.99. The molecule has 0 N–H and O–H groups in total. The van der Waals surface area contributed by atoms with Crippen LogP contribution >= 0.6 is 11.6 Å². The van der Waals surface area contributed by atoms with Gasteiger partial charge in [0.2, 0.25) is 11.7 Å². The van der Waals surface area contributed by atoms with Crippen LogP contribution in [0.3, 0.4) is 0 Å². The predicted molar refractivity (Wildman–Crippen MR) is 111 cm³/mol. The van der Waals surface area contributed by atoms with Crippen molar-refractivity contribution in [2.45, 2.75) is 38.1 Å². The molecule has 1 fully saturated rings. The fraction of sp³-hybridized carbons (Fsp3) is 0.273. The average Bonchev–Trinajstić information content (AvgIpc) is 3.29. The normalized spacial score (nSPS) is 14.8. The lowest BCUT2D eigenvalue weighted by molar-refractivity contribution is 0.357. The molecule has 1 aliphatic rings. The summed E-state index contributed by atoms with van der Waals surface area (Å²) >= 11 is 6.08. The monoisotopic (exact) mass is 405 g/mol. The molecule has 0 amide bonds. The van der Waals surface area contributed by atoms with Crippen LogP contribution in [0.15, 0.2) is 59.5 Å². The van der Waals surface area contributed by atoms with Crippen LogP contribution in [-0.4, -0.2) is 24.7 Å². The second-order valence-electron chi connectivity index (χ2n) is 7.48. The summed E-state index contributed by atoms with van der Waals surface area (Å²) in [5, 5.41) is 4.79. The van der Waals surface area contributed by atoms with E-state index in [4.69, 9.17) is 21.1 Å². The third-order valence-electron chi connectivity index (χ3n) is 5.19. The lowest BCUT2D eigenvalue weighted by Gasteiger charge is -2.13. The molecule has 1 aliphatic carbocycles. The molecule has 1 aromatic carbocycles. The van der Waals surface area contributed by atoms with Crippen LogP contribution in [0.5, 0.6) is 0 Å². The first-order valence-corrected chi connectivity index (χ1v) is 10.1. The molecule has 6 nitrogen and oxygen atoms in total. The van der Waals surface area contributed by atoms with Crippen molar-refractivity contribution >= 4 is 11.6 Å². The van der Waals surface area contributed by atoms with Gasteiger partial charge in [-0.15, -0.1) is 0 Å². The summed E-state index contributed by atoms with van der Waals surface area (Å²) in [6.45, 7) is 2.10. The molecule has 146 valence electrons. The molecule has 3 heterocycles. The fourth-order valence-corrected chi connectivity index (χ4v) is 3.77. The molecule has 29 heavy (non-hydrogen) atoms. The second kappa shape index (κ2) is 7.44. The van der Waals surface area contributed by atoms with Crippen molar-refractivity contribution in [2.24, 2.45) is 0 Å². The number of imidazole rings is 1. The number of aromatic nitrogens is 5. The molecule has 1 saturated carbocycles. The van der Waals surface area contributed by atoms with Crippen molar-refractivity contribution in [1.29, 1.82) is 0 Å². The maximum Gasteiger partial charge on any atom is 0.230 e. The van der Waals surface area contributed by atoms with Crippen molar-refractivity contribution in [3.63, 3.8) is 0 Å². The van der Waals surface area contributed by atoms with Gasteiger partial charge in [0, 0.05) is 58.8 Å². The summed E-state index contributed by atoms with van der Waals surface area (Å²) < 4.78 is 7.92. The Morgan fingerprint density at radius 3 is 2.76 bits per heavy atom. The summed E-state index contributed by atoms with van der Waals surface area (Å²) in [5.74, 6) is 2.26. The predicted octanol–water partition coefficient (Wildman–Crippen LogP) is 5.33. The Bertz CT molecular complexity index is 1130. The van der Waals surface area contributed by atoms with Gasteiger partial charge in [-0.25, -0.2) is 4.98 Å². The number of benzene rings is 1. The van der Waals surface area contributed by atoms with Crippen molar-refractivity contribution in [3.8, 4) is 22.8 Å². The summed E-state index contributed by atoms with van der Waals surface area (Å²) in [4.78, 5) is 13.4. The number of rotatable bonds is 6. The summed E-state index contributed by atoms with van der Waals surface area (Å²) in [5.41, 5.74) is 3.13. The van der Waals surface area contributed by atoms with Crippen molar-refractivity contribution in [3.05, 3.63) is 71.6 Å². The van der Waals surface area contributed by atoms with Gasteiger partial charge in [0.25, 0.3) is 0 Å². The highest BCUT2D eigenvalue weighted by molar-refractivity contribution is 6.30. The Kier molecular flexibility index (Phi) is 4.64. The third kappa shape index (κ3) is 3.68. The van der Waals surface area contributed by atoms with Crippen LogP contribution in [0.25, 0.3) is 22.8 Å². The smallest absolute Gasteiger partial charge is 0.230 e. The minimum absolute atomic E-state index is 0.0786. The standard InChI is InChI=1S/C22H20ClN5O/c1-14(22-26-20(27-29-22)16-3-2-4-17(23)12-16)11-19-13-25-21(28(19)18-5-6-18)15-7-9-24-10-8-15/h2-4,7-10,12-14,18H,5-6,11H2,1H3. The van der Waals surface area contributed by atoms with Gasteiger partial charge in [0.15, 0.2) is 0 Å². The van der Waals surface area contributed by atoms with Gasteiger partial charge in [-0.2, -0.15) is 4.98 Å². The molecule has 4 aromatic rings. The van der Waals surface area contributed by atoms with Gasteiger partial charge in [0.05, 0.1) is 0 Å². The first-order valence-electron chi connectivity index (χ1n) is 9.75. The Balaban J connectivity index is 1.40. The second-order valence-corrected chi connectivity index (χ2v) is 7.92. The zero-order valence-corrected chi connectivity index (χ0v) is 16.8. The van der Waals surface area contributed by atoms with E-state index < -0.39 is 0 Å². The van der Waals surface area contributed by atoms with E-state index in [-0.39, 0.29) is 5.92 Å². The van der Waals surface area contributed by atoms with Gasteiger partial charge in [0.1, 0.15) is 5.82 Å². The molecule has 3 aromatic heterocycles. The summed E-state index contributed by atoms with van der Waals surface area (Å²) in [6, 6.07) is 12.0.